The molecular weight excluding hydrogens is 312 g/mol. The van der Waals surface area contributed by atoms with E-state index in [1.807, 2.05) is 6.92 Å². The molecule has 0 bridgehead atoms. The first-order valence-corrected chi connectivity index (χ1v) is 7.89. The van der Waals surface area contributed by atoms with Crippen LogP contribution in [0.3, 0.4) is 0 Å². The number of nitrogens with one attached hydrogen (secondary N) is 2. The van der Waals surface area contributed by atoms with Crippen LogP contribution in [0.15, 0.2) is 29.5 Å². The Hall–Kier alpha value is -2.70. The molecule has 0 unspecified atom stereocenters. The van der Waals surface area contributed by atoms with E-state index in [4.69, 9.17) is 9.47 Å². The fraction of sp³-hybridized carbons (Fsp3) is 0.412. The van der Waals surface area contributed by atoms with E-state index in [0.29, 0.717) is 42.2 Å². The third-order valence-corrected chi connectivity index (χ3v) is 3.54. The van der Waals surface area contributed by atoms with Gasteiger partial charge in [-0.25, -0.2) is 9.59 Å². The van der Waals surface area contributed by atoms with Gasteiger partial charge in [-0.05, 0) is 38.0 Å². The smallest absolute Gasteiger partial charge is 0.338 e. The van der Waals surface area contributed by atoms with Crippen molar-refractivity contribution in [2.75, 3.05) is 13.2 Å². The largest absolute Gasteiger partial charge is 0.504 e. The zero-order chi connectivity index (χ0) is 17.7. The number of hydrogen-bond donors (Lipinski definition) is 3. The number of ether oxygens (including phenoxy) is 2. The van der Waals surface area contributed by atoms with E-state index in [2.05, 4.69) is 10.6 Å². The van der Waals surface area contributed by atoms with Crippen molar-refractivity contribution in [3.63, 3.8) is 0 Å². The molecule has 1 aliphatic rings. The molecule has 1 aromatic carbocycles. The highest BCUT2D eigenvalue weighted by Gasteiger charge is 2.32. The highest BCUT2D eigenvalue weighted by molar-refractivity contribution is 5.95. The molecule has 0 saturated carbocycles. The molecule has 1 heterocycles. The third kappa shape index (κ3) is 3.79. The Morgan fingerprint density at radius 3 is 2.75 bits per heavy atom. The topological polar surface area (TPSA) is 96.9 Å². The quantitative estimate of drug-likeness (QED) is 0.694. The minimum Gasteiger partial charge on any atom is -0.504 e. The number of hydrogen-bond acceptors (Lipinski definition) is 5. The summed E-state index contributed by atoms with van der Waals surface area (Å²) in [6.45, 7) is 6.04. The molecule has 7 heteroatoms. The van der Waals surface area contributed by atoms with Gasteiger partial charge in [0.15, 0.2) is 11.5 Å². The molecule has 0 radical (unpaired) electrons. The number of phenolic OH excluding ortho intramolecular Hbond substituents is 1. The summed E-state index contributed by atoms with van der Waals surface area (Å²) in [6, 6.07) is 3.63. The SMILES string of the molecule is CCCOC(=O)C1=C(C)NC(=O)N[C@H]1c1ccc(O)c(OCC)c1. The molecule has 0 spiro atoms. The van der Waals surface area contributed by atoms with Crippen LogP contribution in [0.4, 0.5) is 4.79 Å². The van der Waals surface area contributed by atoms with Gasteiger partial charge in [-0.2, -0.15) is 0 Å². The van der Waals surface area contributed by atoms with Crippen molar-refractivity contribution in [2.45, 2.75) is 33.2 Å². The zero-order valence-electron chi connectivity index (χ0n) is 14.0. The number of carbonyl (C=O) groups excluding carboxylic acids is 2. The van der Waals surface area contributed by atoms with E-state index < -0.39 is 18.0 Å². The van der Waals surface area contributed by atoms with Gasteiger partial charge in [-0.15, -0.1) is 0 Å². The third-order valence-electron chi connectivity index (χ3n) is 3.54. The summed E-state index contributed by atoms with van der Waals surface area (Å²) in [5.74, 6) is -0.198. The van der Waals surface area contributed by atoms with Crippen LogP contribution in [0, 0.1) is 0 Å². The summed E-state index contributed by atoms with van der Waals surface area (Å²) in [7, 11) is 0. The van der Waals surface area contributed by atoms with E-state index >= 15 is 0 Å². The molecular formula is C17H22N2O5. The second-order valence-electron chi connectivity index (χ2n) is 5.37. The Morgan fingerprint density at radius 2 is 2.08 bits per heavy atom. The second-order valence-corrected chi connectivity index (χ2v) is 5.37. The van der Waals surface area contributed by atoms with E-state index in [1.54, 1.807) is 26.0 Å². The van der Waals surface area contributed by atoms with Gasteiger partial charge in [-0.1, -0.05) is 13.0 Å². The Morgan fingerprint density at radius 1 is 1.33 bits per heavy atom. The van der Waals surface area contributed by atoms with Gasteiger partial charge < -0.3 is 25.2 Å². The van der Waals surface area contributed by atoms with Crippen molar-refractivity contribution < 1.29 is 24.2 Å². The van der Waals surface area contributed by atoms with Crippen LogP contribution in [-0.4, -0.2) is 30.3 Å². The normalized spacial score (nSPS) is 17.1. The minimum atomic E-state index is -0.678. The number of carbonyl (C=O) groups is 2. The molecule has 0 aromatic heterocycles. The average molecular weight is 334 g/mol. The summed E-state index contributed by atoms with van der Waals surface area (Å²) in [5.41, 5.74) is 1.39. The number of allylic oxidation sites excluding steroid dienone is 1. The molecule has 1 atom stereocenters. The predicted octanol–water partition coefficient (Wildman–Crippen LogP) is 2.37. The van der Waals surface area contributed by atoms with Crippen molar-refractivity contribution in [2.24, 2.45) is 0 Å². The number of benzene rings is 1. The lowest BCUT2D eigenvalue weighted by Gasteiger charge is -2.28. The number of aromatic hydroxyl groups is 1. The summed E-state index contributed by atoms with van der Waals surface area (Å²) < 4.78 is 10.6. The molecule has 7 nitrogen and oxygen atoms in total. The highest BCUT2D eigenvalue weighted by atomic mass is 16.5. The van der Waals surface area contributed by atoms with Gasteiger partial charge in [0.05, 0.1) is 24.8 Å². The lowest BCUT2D eigenvalue weighted by Crippen LogP contribution is -2.45. The van der Waals surface area contributed by atoms with E-state index in [-0.39, 0.29) is 5.75 Å². The first-order valence-electron chi connectivity index (χ1n) is 7.89. The average Bonchev–Trinajstić information content (AvgIpc) is 2.54. The van der Waals surface area contributed by atoms with Crippen molar-refractivity contribution in [3.8, 4) is 11.5 Å². The molecule has 0 fully saturated rings. The first kappa shape index (κ1) is 17.7. The van der Waals surface area contributed by atoms with Gasteiger partial charge >= 0.3 is 12.0 Å². The van der Waals surface area contributed by atoms with Crippen LogP contribution in [0.5, 0.6) is 11.5 Å². The monoisotopic (exact) mass is 334 g/mol. The van der Waals surface area contributed by atoms with Crippen molar-refractivity contribution in [1.29, 1.82) is 0 Å². The molecule has 1 aromatic rings. The fourth-order valence-electron chi connectivity index (χ4n) is 2.47. The summed E-state index contributed by atoms with van der Waals surface area (Å²) in [6.07, 6.45) is 0.705. The van der Waals surface area contributed by atoms with Crippen LogP contribution in [0.2, 0.25) is 0 Å². The second kappa shape index (κ2) is 7.72. The zero-order valence-corrected chi connectivity index (χ0v) is 14.0. The molecule has 2 rings (SSSR count). The van der Waals surface area contributed by atoms with Crippen molar-refractivity contribution in [1.82, 2.24) is 10.6 Å². The van der Waals surface area contributed by atoms with Gasteiger partial charge in [0.1, 0.15) is 0 Å². The number of urea groups is 1. The number of rotatable bonds is 6. The lowest BCUT2D eigenvalue weighted by molar-refractivity contribution is -0.139. The maximum Gasteiger partial charge on any atom is 0.338 e. The minimum absolute atomic E-state index is 0.00308. The number of esters is 1. The van der Waals surface area contributed by atoms with Gasteiger partial charge in [0.25, 0.3) is 0 Å². The first-order chi connectivity index (χ1) is 11.5. The van der Waals surface area contributed by atoms with Crippen molar-refractivity contribution in [3.05, 3.63) is 35.0 Å². The number of phenols is 1. The summed E-state index contributed by atoms with van der Waals surface area (Å²) in [4.78, 5) is 24.2. The Labute approximate surface area is 140 Å². The molecule has 130 valence electrons. The van der Waals surface area contributed by atoms with Crippen LogP contribution < -0.4 is 15.4 Å². The van der Waals surface area contributed by atoms with Crippen LogP contribution in [0.25, 0.3) is 0 Å². The molecule has 24 heavy (non-hydrogen) atoms. The van der Waals surface area contributed by atoms with E-state index in [0.717, 1.165) is 0 Å². The van der Waals surface area contributed by atoms with E-state index in [9.17, 15) is 14.7 Å². The maximum absolute atomic E-state index is 12.4. The Balaban J connectivity index is 2.41. The molecule has 0 saturated heterocycles. The lowest BCUT2D eigenvalue weighted by atomic mass is 9.95. The van der Waals surface area contributed by atoms with Gasteiger partial charge in [0.2, 0.25) is 0 Å². The molecule has 1 aliphatic heterocycles. The highest BCUT2D eigenvalue weighted by Crippen LogP contribution is 2.34. The van der Waals surface area contributed by atoms with Crippen molar-refractivity contribution >= 4 is 12.0 Å². The van der Waals surface area contributed by atoms with Crippen LogP contribution in [-0.2, 0) is 9.53 Å². The number of amides is 2. The molecule has 2 amide bonds. The van der Waals surface area contributed by atoms with Crippen LogP contribution >= 0.6 is 0 Å². The van der Waals surface area contributed by atoms with Crippen LogP contribution in [0.1, 0.15) is 38.8 Å². The van der Waals surface area contributed by atoms with E-state index in [1.165, 1.54) is 6.07 Å². The van der Waals surface area contributed by atoms with Gasteiger partial charge in [0, 0.05) is 5.70 Å². The standard InChI is InChI=1S/C17H22N2O5/c1-4-8-24-16(21)14-10(3)18-17(22)19-15(14)11-6-7-12(20)13(9-11)23-5-2/h6-7,9,15,20H,4-5,8H2,1-3H3,(H2,18,19,22)/t15-/m0/s1. The maximum atomic E-state index is 12.4. The predicted molar refractivity (Wildman–Crippen MR) is 87.6 cm³/mol. The Kier molecular flexibility index (Phi) is 5.68. The molecule has 0 aliphatic carbocycles. The molecule has 3 N–H and O–H groups in total. The Bertz CT molecular complexity index is 669. The summed E-state index contributed by atoms with van der Waals surface area (Å²) >= 11 is 0. The van der Waals surface area contributed by atoms with Gasteiger partial charge in [-0.3, -0.25) is 0 Å². The summed E-state index contributed by atoms with van der Waals surface area (Å²) in [5, 5.41) is 15.1. The fourth-order valence-corrected chi connectivity index (χ4v) is 2.47.